The molecule has 4 nitrogen and oxygen atoms in total. The average Bonchev–Trinajstić information content (AvgIpc) is 3.30. The summed E-state index contributed by atoms with van der Waals surface area (Å²) in [7, 11) is 0. The average molecular weight is 690 g/mol. The van der Waals surface area contributed by atoms with Crippen molar-refractivity contribution in [2.24, 2.45) is 0 Å². The maximum Gasteiger partial charge on any atom is 0.216 e. The Morgan fingerprint density at radius 3 is 2.26 bits per heavy atom. The predicted molar refractivity (Wildman–Crippen MR) is 155 cm³/mol. The summed E-state index contributed by atoms with van der Waals surface area (Å²) in [6.07, 6.45) is 5.59. The van der Waals surface area contributed by atoms with Crippen LogP contribution in [-0.2, 0) is 20.1 Å². The first-order chi connectivity index (χ1) is 18.3. The first kappa shape index (κ1) is 28.4. The van der Waals surface area contributed by atoms with Gasteiger partial charge in [-0.05, 0) is 66.9 Å². The van der Waals surface area contributed by atoms with E-state index in [0.29, 0.717) is 11.6 Å². The molecule has 0 amide bonds. The minimum Gasteiger partial charge on any atom is -0.486 e. The van der Waals surface area contributed by atoms with Crippen molar-refractivity contribution in [3.05, 3.63) is 113 Å². The van der Waals surface area contributed by atoms with Crippen LogP contribution < -0.4 is 0 Å². The van der Waals surface area contributed by atoms with E-state index in [2.05, 4.69) is 92.9 Å². The quantitative estimate of drug-likeness (QED) is 0.175. The first-order valence-corrected chi connectivity index (χ1v) is 12.9. The van der Waals surface area contributed by atoms with E-state index >= 15 is 0 Å². The molecule has 39 heavy (non-hydrogen) atoms. The number of hydrogen-bond donors (Lipinski definition) is 0. The third-order valence-electron chi connectivity index (χ3n) is 6.85. The smallest absolute Gasteiger partial charge is 0.216 e. The molecule has 0 unspecified atom stereocenters. The van der Waals surface area contributed by atoms with E-state index in [1.165, 1.54) is 27.8 Å². The van der Waals surface area contributed by atoms with E-state index in [1.807, 2.05) is 42.7 Å². The van der Waals surface area contributed by atoms with E-state index in [0.717, 1.165) is 38.9 Å². The Kier molecular flexibility index (Phi) is 8.74. The number of fused-ring (bicyclic) bond motifs is 3. The monoisotopic (exact) mass is 690 g/mol. The van der Waals surface area contributed by atoms with Crippen LogP contribution in [0.2, 0.25) is 0 Å². The molecule has 0 aliphatic carbocycles. The van der Waals surface area contributed by atoms with Crippen LogP contribution in [0.25, 0.3) is 44.6 Å². The Morgan fingerprint density at radius 2 is 1.54 bits per heavy atom. The number of nitrogens with zero attached hydrogens (tertiary/aromatic N) is 3. The molecular weight excluding hydrogens is 659 g/mol. The Morgan fingerprint density at radius 1 is 0.769 bits per heavy atom. The van der Waals surface area contributed by atoms with Crippen molar-refractivity contribution in [2.45, 2.75) is 47.5 Å². The molecule has 0 N–H and O–H groups in total. The number of aromatic nitrogens is 3. The van der Waals surface area contributed by atoms with Gasteiger partial charge in [0.25, 0.3) is 0 Å². The van der Waals surface area contributed by atoms with Crippen molar-refractivity contribution >= 4 is 22.1 Å². The Bertz CT molecular complexity index is 1740. The van der Waals surface area contributed by atoms with Crippen LogP contribution in [0.5, 0.6) is 0 Å². The predicted octanol–water partition coefficient (Wildman–Crippen LogP) is 8.75. The van der Waals surface area contributed by atoms with Crippen LogP contribution in [0.3, 0.4) is 0 Å². The zero-order chi connectivity index (χ0) is 26.8. The molecule has 4 heterocycles. The number of aryl methyl sites for hydroxylation is 4. The van der Waals surface area contributed by atoms with Crippen LogP contribution in [0.15, 0.2) is 77.6 Å². The van der Waals surface area contributed by atoms with Crippen molar-refractivity contribution in [3.63, 3.8) is 0 Å². The maximum atomic E-state index is 5.99. The number of rotatable bonds is 3. The molecule has 6 aromatic rings. The van der Waals surface area contributed by atoms with Gasteiger partial charge in [-0.1, -0.05) is 49.4 Å². The molecule has 0 bridgehead atoms. The Labute approximate surface area is 243 Å². The molecule has 0 atom stereocenters. The fourth-order valence-corrected chi connectivity index (χ4v) is 4.50. The van der Waals surface area contributed by atoms with Gasteiger partial charge >= 0.3 is 0 Å². The van der Waals surface area contributed by atoms with Crippen molar-refractivity contribution < 1.29 is 24.5 Å². The van der Waals surface area contributed by atoms with E-state index in [4.69, 9.17) is 4.42 Å². The summed E-state index contributed by atoms with van der Waals surface area (Å²) in [4.78, 5) is 13.3. The third kappa shape index (κ3) is 6.00. The standard InChI is InChI=1S/C20H17N2O.C14H14N.Ir/c1-12(2)17-10-18(22-11-13(17)3)16-7-4-6-14-15-8-5-9-21-20(15)23-19(14)16;1-10-4-6-13(7-5-10)14-8-11(2)12(3)9-15-14;/h4-6,8-12H,1-3H3;4-6,8-9H,1-3H3;/q2*-1;. The summed E-state index contributed by atoms with van der Waals surface area (Å²) in [5, 5.41) is 2.07. The van der Waals surface area contributed by atoms with Crippen LogP contribution in [0, 0.1) is 39.8 Å². The van der Waals surface area contributed by atoms with Crippen LogP contribution in [0.1, 0.15) is 47.6 Å². The third-order valence-corrected chi connectivity index (χ3v) is 6.85. The molecule has 0 aliphatic heterocycles. The fraction of sp³-hybridized carbons (Fsp3) is 0.206. The minimum atomic E-state index is 0. The maximum absolute atomic E-state index is 5.99. The minimum absolute atomic E-state index is 0. The molecule has 0 aliphatic rings. The molecule has 0 saturated carbocycles. The summed E-state index contributed by atoms with van der Waals surface area (Å²) < 4.78 is 5.99. The Hall–Kier alpha value is -3.66. The molecule has 0 saturated heterocycles. The molecule has 199 valence electrons. The van der Waals surface area contributed by atoms with Gasteiger partial charge in [0.05, 0.1) is 5.58 Å². The fourth-order valence-electron chi connectivity index (χ4n) is 4.50. The van der Waals surface area contributed by atoms with Gasteiger partial charge in [-0.15, -0.1) is 53.6 Å². The number of furan rings is 1. The van der Waals surface area contributed by atoms with Crippen molar-refractivity contribution in [2.75, 3.05) is 0 Å². The van der Waals surface area contributed by atoms with Crippen LogP contribution in [0.4, 0.5) is 0 Å². The van der Waals surface area contributed by atoms with Gasteiger partial charge in [0.2, 0.25) is 5.71 Å². The zero-order valence-corrected chi connectivity index (χ0v) is 25.5. The van der Waals surface area contributed by atoms with Crippen molar-refractivity contribution in [3.8, 4) is 22.5 Å². The summed E-state index contributed by atoms with van der Waals surface area (Å²) >= 11 is 0. The largest absolute Gasteiger partial charge is 0.486 e. The molecule has 5 heteroatoms. The van der Waals surface area contributed by atoms with E-state index < -0.39 is 0 Å². The summed E-state index contributed by atoms with van der Waals surface area (Å²) in [6, 6.07) is 24.8. The molecule has 1 radical (unpaired) electrons. The molecule has 6 rings (SSSR count). The summed E-state index contributed by atoms with van der Waals surface area (Å²) in [5.41, 5.74) is 11.5. The molecular formula is C34H31IrN3O-2. The number of benzene rings is 2. The molecule has 4 aromatic heterocycles. The topological polar surface area (TPSA) is 51.8 Å². The molecule has 0 fully saturated rings. The van der Waals surface area contributed by atoms with E-state index in [-0.39, 0.29) is 20.1 Å². The second-order valence-corrected chi connectivity index (χ2v) is 10.1. The van der Waals surface area contributed by atoms with Gasteiger partial charge in [0, 0.05) is 44.1 Å². The SMILES string of the molecule is Cc1c[c-]c(-c2cc(C)c(C)cn2)cc1.Cc1cnc(-c2[c-]ccc3c2oc2ncccc23)cc1C(C)C.[Ir]. The first-order valence-electron chi connectivity index (χ1n) is 12.9. The van der Waals surface area contributed by atoms with Gasteiger partial charge in [-0.3, -0.25) is 0 Å². The molecule has 2 aromatic carbocycles. The normalized spacial score (nSPS) is 10.8. The van der Waals surface area contributed by atoms with Gasteiger partial charge in [0.1, 0.15) is 0 Å². The van der Waals surface area contributed by atoms with Crippen LogP contribution in [-0.4, -0.2) is 15.0 Å². The van der Waals surface area contributed by atoms with E-state index in [9.17, 15) is 0 Å². The van der Waals surface area contributed by atoms with Gasteiger partial charge < -0.3 is 14.4 Å². The Balaban J connectivity index is 0.000000192. The van der Waals surface area contributed by atoms with Crippen LogP contribution >= 0.6 is 0 Å². The van der Waals surface area contributed by atoms with Gasteiger partial charge in [-0.25, -0.2) is 4.98 Å². The number of pyridine rings is 3. The molecule has 0 spiro atoms. The number of hydrogen-bond acceptors (Lipinski definition) is 4. The summed E-state index contributed by atoms with van der Waals surface area (Å²) in [5.74, 6) is 0.452. The summed E-state index contributed by atoms with van der Waals surface area (Å²) in [6.45, 7) is 12.7. The second-order valence-electron chi connectivity index (χ2n) is 10.1. The second kappa shape index (κ2) is 12.0. The van der Waals surface area contributed by atoms with E-state index in [1.54, 1.807) is 6.20 Å². The van der Waals surface area contributed by atoms with Gasteiger partial charge in [0.15, 0.2) is 0 Å². The van der Waals surface area contributed by atoms with Crippen molar-refractivity contribution in [1.29, 1.82) is 0 Å². The van der Waals surface area contributed by atoms with Crippen molar-refractivity contribution in [1.82, 2.24) is 15.0 Å². The zero-order valence-electron chi connectivity index (χ0n) is 23.1. The van der Waals surface area contributed by atoms with Gasteiger partial charge in [-0.2, -0.15) is 0 Å².